The summed E-state index contributed by atoms with van der Waals surface area (Å²) in [6, 6.07) is 25.7. The molecule has 9 heterocycles. The van der Waals surface area contributed by atoms with E-state index in [1.54, 1.807) is 77.0 Å². The maximum Gasteiger partial charge on any atom is 0.418 e. The van der Waals surface area contributed by atoms with Crippen molar-refractivity contribution in [3.05, 3.63) is 178 Å². The minimum absolute atomic E-state index is 0.128. The third kappa shape index (κ3) is 21.6. The van der Waals surface area contributed by atoms with Crippen LogP contribution in [-0.2, 0) is 39.6 Å². The molecular formula is C93H103N9O24. The molecule has 16 rings (SSSR count). The van der Waals surface area contributed by atoms with Crippen LogP contribution in [0.25, 0.3) is 78.0 Å². The molecule has 5 aromatic heterocycles. The van der Waals surface area contributed by atoms with Gasteiger partial charge >= 0.3 is 12.1 Å². The first kappa shape index (κ1) is 92.5. The quantitative estimate of drug-likeness (QED) is 0.0474. The van der Waals surface area contributed by atoms with Crippen LogP contribution >= 0.6 is 0 Å². The molecule has 0 radical (unpaired) electrons. The van der Waals surface area contributed by atoms with Gasteiger partial charge in [-0.1, -0.05) is 103 Å². The summed E-state index contributed by atoms with van der Waals surface area (Å²) < 4.78 is 33.8. The molecule has 4 saturated heterocycles. The first-order valence-electron chi connectivity index (χ1n) is 41.5. The third-order valence-electron chi connectivity index (χ3n) is 22.5. The number of esters is 1. The smallest absolute Gasteiger partial charge is 0.418 e. The number of rotatable bonds is 12. The highest BCUT2D eigenvalue weighted by Gasteiger charge is 2.46. The summed E-state index contributed by atoms with van der Waals surface area (Å²) in [5.41, 5.74) is 14.1. The molecule has 0 saturated carbocycles. The summed E-state index contributed by atoms with van der Waals surface area (Å²) >= 11 is 0. The number of ether oxygens (including phenoxy) is 6. The van der Waals surface area contributed by atoms with Gasteiger partial charge in [0.2, 0.25) is 0 Å². The number of carbonyl (C=O) groups is 2. The second-order valence-corrected chi connectivity index (χ2v) is 32.3. The van der Waals surface area contributed by atoms with Crippen molar-refractivity contribution in [2.75, 3.05) is 33.0 Å². The van der Waals surface area contributed by atoms with E-state index in [4.69, 9.17) is 28.4 Å². The number of nitrogens with one attached hydrogen (secondary N) is 4. The number of nitrogens with zero attached hydrogens (tertiary/aromatic N) is 5. The minimum atomic E-state index is -1.50. The van der Waals surface area contributed by atoms with Crippen molar-refractivity contribution in [3.8, 4) is 58.5 Å². The molecule has 5 aromatic carbocycles. The lowest BCUT2D eigenvalue weighted by molar-refractivity contribution is -0.214. The summed E-state index contributed by atoms with van der Waals surface area (Å²) in [4.78, 5) is 24.4. The molecule has 6 aliphatic rings. The van der Waals surface area contributed by atoms with Crippen LogP contribution in [0.2, 0.25) is 0 Å². The highest BCUT2D eigenvalue weighted by Crippen LogP contribution is 2.37. The van der Waals surface area contributed by atoms with Crippen molar-refractivity contribution in [2.24, 2.45) is 5.92 Å². The Morgan fingerprint density at radius 2 is 0.857 bits per heavy atom. The van der Waals surface area contributed by atoms with E-state index in [1.807, 2.05) is 48.6 Å². The van der Waals surface area contributed by atoms with E-state index in [1.165, 1.54) is 15.7 Å². The Bertz CT molecular complexity index is 5830. The second kappa shape index (κ2) is 41.5. The van der Waals surface area contributed by atoms with Gasteiger partial charge in [-0.3, -0.25) is 29.8 Å². The monoisotopic (exact) mass is 1730 g/mol. The van der Waals surface area contributed by atoms with E-state index in [9.17, 15) is 91.3 Å². The molecule has 0 amide bonds. The molecule has 1 unspecified atom stereocenters. The number of aryl methyl sites for hydroxylation is 1. The van der Waals surface area contributed by atoms with Crippen molar-refractivity contribution < 1.29 is 120 Å². The maximum atomic E-state index is 12.4. The summed E-state index contributed by atoms with van der Waals surface area (Å²) in [6.45, 7) is 7.67. The molecule has 0 spiro atoms. The number of allylic oxidation sites excluding steroid dienone is 4. The Kier molecular flexibility index (Phi) is 30.5. The molecule has 20 N–H and O–H groups in total. The van der Waals surface area contributed by atoms with Crippen LogP contribution in [0.4, 0.5) is 4.79 Å². The number of hydrogen-bond donors (Lipinski definition) is 20. The number of aliphatic hydroxyl groups excluding tert-OH is 16. The van der Waals surface area contributed by atoms with Crippen LogP contribution in [0.5, 0.6) is 0 Å². The topological polar surface area (TPSA) is 533 Å². The predicted octanol–water partition coefficient (Wildman–Crippen LogP) is 3.33. The van der Waals surface area contributed by atoms with Gasteiger partial charge < -0.3 is 110 Å². The molecular weight excluding hydrogens is 1630 g/mol. The van der Waals surface area contributed by atoms with E-state index in [0.29, 0.717) is 47.2 Å². The zero-order valence-electron chi connectivity index (χ0n) is 69.5. The second-order valence-electron chi connectivity index (χ2n) is 32.3. The standard InChI is InChI=1S/C25H26N2O5.C24H27N3O7.C24H28N2O7.C20H22N2O5/c1-2-15-3-5-16(6-4-15)7-8-17-11-18(22-19(12-17)13-26-27-22)9-10-20-23(29)25(31)24(30)21(14-28)32-20;1-24(2,3)34-23(32)27-7-6-14(11-27)15-8-13(19-16(9-15)10-25-26-19)4-5-17-20(29)22(31)21(30)18(12-28)33-17;1-2-32-24(31)14-5-3-13(4-6-14)16-9-15(20-17(10-16)11-25-26-20)7-8-18-21(28)23(30)22(29)19(12-27)33-18;23-10-16-19(25)20(26)18(24)15(27-16)6-5-12-7-13(11-3-1-2-4-11)8-14-9-21-22-17(12)14/h3-8,11-13,20-21,23-25,28-31H,2,14H2,1H3,(H,26,27);6-11,17-18,20-22,28-31H,12H2,1-3H3,(H,25,26);3,9-11,14,18-19,21-23,27-30H,2,4-6,12H2,1H3,(H,25,26);3,7-9,15-16,18-20,23-26H,1-2,4,10H2,(H,21,22)/b8-7+;;;/t20-,21-,23-,24-,25-;17-,18-,20-,21-,22-;14?,18-,19-,21-,22-,23-;15-,16-,18-,19-,20-/m1111/s1. The van der Waals surface area contributed by atoms with Crippen LogP contribution in [-0.4, -0.2) is 300 Å². The fourth-order valence-corrected chi connectivity index (χ4v) is 15.3. The van der Waals surface area contributed by atoms with Gasteiger partial charge in [0.05, 0.1) is 108 Å². The fourth-order valence-electron chi connectivity index (χ4n) is 15.3. The maximum absolute atomic E-state index is 12.4. The van der Waals surface area contributed by atoms with Gasteiger partial charge in [0.15, 0.2) is 0 Å². The van der Waals surface area contributed by atoms with Crippen molar-refractivity contribution in [1.82, 2.24) is 45.4 Å². The number of fused-ring (bicyclic) bond motifs is 4. The van der Waals surface area contributed by atoms with E-state index < -0.39 is 160 Å². The molecule has 33 heteroatoms. The highest BCUT2D eigenvalue weighted by molar-refractivity contribution is 5.92. The fraction of sp³-hybridized carbons (Fsp3) is 0.419. The first-order chi connectivity index (χ1) is 60.6. The molecule has 10 aromatic rings. The van der Waals surface area contributed by atoms with Crippen molar-refractivity contribution in [3.63, 3.8) is 0 Å². The average Bonchev–Trinajstić information content (AvgIpc) is 1.59. The van der Waals surface area contributed by atoms with Crippen LogP contribution in [0, 0.1) is 53.3 Å². The number of aromatic amines is 4. The van der Waals surface area contributed by atoms with Crippen LogP contribution < -0.4 is 0 Å². The zero-order valence-corrected chi connectivity index (χ0v) is 69.5. The number of H-pyrrole nitrogens is 4. The van der Waals surface area contributed by atoms with Gasteiger partial charge in [-0.05, 0) is 172 Å². The lowest BCUT2D eigenvalue weighted by atomic mass is 9.86. The summed E-state index contributed by atoms with van der Waals surface area (Å²) in [5.74, 6) is 22.9. The van der Waals surface area contributed by atoms with Crippen LogP contribution in [0.3, 0.4) is 0 Å². The average molecular weight is 1730 g/mol. The van der Waals surface area contributed by atoms with Gasteiger partial charge in [-0.25, -0.2) is 4.79 Å². The lowest BCUT2D eigenvalue weighted by Gasteiger charge is -2.37. The molecule has 0 bridgehead atoms. The van der Waals surface area contributed by atoms with Gasteiger partial charge in [0.25, 0.3) is 0 Å². The van der Waals surface area contributed by atoms with Gasteiger partial charge in [-0.2, -0.15) is 20.4 Å². The molecule has 2 aliphatic carbocycles. The summed E-state index contributed by atoms with van der Waals surface area (Å²) in [6.07, 6.45) is -1.30. The number of carbonyl (C=O) groups excluding carboxylic acids is 2. The van der Waals surface area contributed by atoms with Crippen molar-refractivity contribution in [1.29, 1.82) is 0 Å². The molecule has 126 heavy (non-hydrogen) atoms. The number of benzene rings is 5. The van der Waals surface area contributed by atoms with Gasteiger partial charge in [-0.15, -0.1) is 0 Å². The van der Waals surface area contributed by atoms with E-state index in [2.05, 4.69) is 138 Å². The van der Waals surface area contributed by atoms with Crippen molar-refractivity contribution >= 4 is 79.0 Å². The normalized spacial score (nSPS) is 27.7. The molecule has 4 aliphatic heterocycles. The largest absolute Gasteiger partial charge is 0.466 e. The highest BCUT2D eigenvalue weighted by atomic mass is 16.6. The third-order valence-corrected chi connectivity index (χ3v) is 22.5. The Hall–Kier alpha value is -11.1. The number of aliphatic hydroxyl groups is 16. The van der Waals surface area contributed by atoms with E-state index >= 15 is 0 Å². The lowest BCUT2D eigenvalue weighted by Crippen LogP contribution is -2.58. The Labute approximate surface area is 723 Å². The number of hydrogen-bond acceptors (Lipinski definition) is 28. The van der Waals surface area contributed by atoms with Crippen LogP contribution in [0.15, 0.2) is 128 Å². The molecule has 21 atom stereocenters. The number of aromatic nitrogens is 9. The summed E-state index contributed by atoms with van der Waals surface area (Å²) in [7, 11) is 0. The van der Waals surface area contributed by atoms with Crippen molar-refractivity contribution in [2.45, 2.75) is 207 Å². The SMILES string of the molecule is CC(C)(C)OC(=O)n1ccc(-c2cc(C#C[C@H]3O[C@H](CO)[C@@H](O)[C@H](O)[C@@H]3O)c3[nH]ncc3c2)c1.CCOC(=O)C1CC=C(c2cc(C#C[C@H]3O[C@H](CO)[C@@H](O)[C@H](O)[C@@H]3O)c3[nH]ncc3c2)CC1.CCc1ccc(/C=C/c2cc(C#C[C@H]3O[C@H](CO)[C@@H](O)[C@H](O)[C@@H]3O)c3[nH]ncc3c2)cc1.OC[C@H]1O[C@H](C#Cc2cc(C3=CCCC3)cc3cn[nH]c23)[C@@H](O)[C@@H](O)[C@@H]1O. The van der Waals surface area contributed by atoms with E-state index in [-0.39, 0.29) is 11.9 Å². The predicted molar refractivity (Wildman–Crippen MR) is 461 cm³/mol. The summed E-state index contributed by atoms with van der Waals surface area (Å²) in [5, 5.41) is 189. The van der Waals surface area contributed by atoms with Crippen LogP contribution in [0.1, 0.15) is 123 Å². The van der Waals surface area contributed by atoms with Gasteiger partial charge in [0.1, 0.15) is 128 Å². The van der Waals surface area contributed by atoms with E-state index in [0.717, 1.165) is 109 Å². The Morgan fingerprint density at radius 3 is 1.23 bits per heavy atom. The Morgan fingerprint density at radius 1 is 0.468 bits per heavy atom. The minimum Gasteiger partial charge on any atom is -0.466 e. The van der Waals surface area contributed by atoms with Gasteiger partial charge in [0, 0.05) is 39.5 Å². The molecule has 664 valence electrons. The first-order valence-corrected chi connectivity index (χ1v) is 41.5. The molecule has 4 fully saturated rings. The molecule has 33 nitrogen and oxygen atoms in total. The zero-order chi connectivity index (χ0) is 89.8. The Balaban J connectivity index is 0.000000144.